The molecule has 0 fully saturated rings. The lowest BCUT2D eigenvalue weighted by Gasteiger charge is -2.31. The highest BCUT2D eigenvalue weighted by Crippen LogP contribution is 2.46. The van der Waals surface area contributed by atoms with Gasteiger partial charge in [0.1, 0.15) is 11.2 Å². The number of benzene rings is 6. The third kappa shape index (κ3) is 4.72. The van der Waals surface area contributed by atoms with Gasteiger partial charge in [-0.25, -0.2) is 0 Å². The number of anilines is 2. The molecule has 0 N–H and O–H groups in total. The molecule has 1 heterocycles. The summed E-state index contributed by atoms with van der Waals surface area (Å²) in [7, 11) is 0. The van der Waals surface area contributed by atoms with Gasteiger partial charge in [0.25, 0.3) is 0 Å². The van der Waals surface area contributed by atoms with Crippen LogP contribution in [0.3, 0.4) is 0 Å². The van der Waals surface area contributed by atoms with Crippen LogP contribution in [0.4, 0.5) is 11.4 Å². The van der Waals surface area contributed by atoms with Crippen molar-refractivity contribution >= 4 is 60.4 Å². The standard InChI is InChI=1S/C45H35NO/c1-30-12-9-17-35(28-30)46(34-26-24-32(25-27-34)31-13-3-2-4-14-31)42-29-41-44-39(37-21-10-16-33-15-5-6-18-36(33)37)22-11-23-43(44)47-45(41)40-20-8-7-19-38(40)42/h3,5-27,29-30H,2,4,28H2,1H3. The first-order valence-electron chi connectivity index (χ1n) is 16.7. The van der Waals surface area contributed by atoms with Gasteiger partial charge in [-0.3, -0.25) is 0 Å². The van der Waals surface area contributed by atoms with Crippen molar-refractivity contribution in [2.75, 3.05) is 4.90 Å². The first-order valence-corrected chi connectivity index (χ1v) is 16.7. The Morgan fingerprint density at radius 1 is 0.702 bits per heavy atom. The molecule has 0 saturated heterocycles. The van der Waals surface area contributed by atoms with Crippen LogP contribution in [-0.4, -0.2) is 0 Å². The molecule has 1 atom stereocenters. The molecular weight excluding hydrogens is 571 g/mol. The Kier molecular flexibility index (Phi) is 6.67. The molecule has 0 bridgehead atoms. The number of furan rings is 1. The first-order chi connectivity index (χ1) is 23.2. The Morgan fingerprint density at radius 2 is 1.47 bits per heavy atom. The van der Waals surface area contributed by atoms with Crippen molar-refractivity contribution in [2.24, 2.45) is 5.92 Å². The van der Waals surface area contributed by atoms with Crippen molar-refractivity contribution in [1.82, 2.24) is 0 Å². The predicted octanol–water partition coefficient (Wildman–Crippen LogP) is 12.9. The van der Waals surface area contributed by atoms with E-state index in [-0.39, 0.29) is 0 Å². The Bertz CT molecular complexity index is 2450. The Hall–Kier alpha value is -5.60. The van der Waals surface area contributed by atoms with E-state index in [1.54, 1.807) is 0 Å². The monoisotopic (exact) mass is 605 g/mol. The minimum atomic E-state index is 0.456. The fourth-order valence-electron chi connectivity index (χ4n) is 7.58. The molecule has 2 heteroatoms. The van der Waals surface area contributed by atoms with E-state index >= 15 is 0 Å². The van der Waals surface area contributed by atoms with Crippen LogP contribution in [0.2, 0.25) is 0 Å². The average Bonchev–Trinajstić information content (AvgIpc) is 3.51. The van der Waals surface area contributed by atoms with Crippen molar-refractivity contribution < 1.29 is 4.42 Å². The fraction of sp³-hybridized carbons (Fsp3) is 0.111. The molecule has 7 aromatic rings. The molecule has 2 aliphatic rings. The van der Waals surface area contributed by atoms with E-state index < -0.39 is 0 Å². The second kappa shape index (κ2) is 11.3. The van der Waals surface area contributed by atoms with Gasteiger partial charge >= 0.3 is 0 Å². The van der Waals surface area contributed by atoms with Gasteiger partial charge in [0, 0.05) is 32.9 Å². The number of allylic oxidation sites excluding steroid dienone is 8. The maximum absolute atomic E-state index is 6.77. The normalized spacial score (nSPS) is 16.2. The van der Waals surface area contributed by atoms with Crippen molar-refractivity contribution in [2.45, 2.75) is 26.2 Å². The summed E-state index contributed by atoms with van der Waals surface area (Å²) in [6, 6.07) is 41.9. The van der Waals surface area contributed by atoms with E-state index in [4.69, 9.17) is 4.42 Å². The van der Waals surface area contributed by atoms with Gasteiger partial charge in [-0.15, -0.1) is 0 Å². The van der Waals surface area contributed by atoms with Crippen LogP contribution in [0.1, 0.15) is 31.7 Å². The van der Waals surface area contributed by atoms with Crippen molar-refractivity contribution in [3.63, 3.8) is 0 Å². The summed E-state index contributed by atoms with van der Waals surface area (Å²) in [5.74, 6) is 0.456. The van der Waals surface area contributed by atoms with Gasteiger partial charge in [0.15, 0.2) is 0 Å². The number of fused-ring (bicyclic) bond motifs is 6. The zero-order valence-corrected chi connectivity index (χ0v) is 26.5. The van der Waals surface area contributed by atoms with Gasteiger partial charge in [-0.2, -0.15) is 0 Å². The van der Waals surface area contributed by atoms with Crippen LogP contribution in [0.25, 0.3) is 60.2 Å². The Balaban J connectivity index is 1.32. The minimum Gasteiger partial charge on any atom is -0.455 e. The van der Waals surface area contributed by atoms with E-state index in [1.165, 1.54) is 49.8 Å². The molecule has 9 rings (SSSR count). The van der Waals surface area contributed by atoms with Crippen LogP contribution in [0.5, 0.6) is 0 Å². The van der Waals surface area contributed by atoms with Crippen LogP contribution < -0.4 is 4.90 Å². The van der Waals surface area contributed by atoms with Gasteiger partial charge in [-0.05, 0) is 88.6 Å². The highest BCUT2D eigenvalue weighted by molar-refractivity contribution is 6.23. The van der Waals surface area contributed by atoms with Crippen LogP contribution >= 0.6 is 0 Å². The highest BCUT2D eigenvalue weighted by atomic mass is 16.3. The summed E-state index contributed by atoms with van der Waals surface area (Å²) >= 11 is 0. The fourth-order valence-corrected chi connectivity index (χ4v) is 7.58. The summed E-state index contributed by atoms with van der Waals surface area (Å²) in [6.07, 6.45) is 16.9. The molecule has 0 radical (unpaired) electrons. The molecule has 47 heavy (non-hydrogen) atoms. The van der Waals surface area contributed by atoms with E-state index in [2.05, 4.69) is 164 Å². The van der Waals surface area contributed by atoms with Crippen LogP contribution in [0.15, 0.2) is 162 Å². The van der Waals surface area contributed by atoms with E-state index in [9.17, 15) is 0 Å². The summed E-state index contributed by atoms with van der Waals surface area (Å²) in [5, 5.41) is 7.08. The number of rotatable bonds is 5. The quantitative estimate of drug-likeness (QED) is 0.194. The zero-order valence-electron chi connectivity index (χ0n) is 26.5. The van der Waals surface area contributed by atoms with Gasteiger partial charge in [0.05, 0.1) is 5.69 Å². The van der Waals surface area contributed by atoms with Crippen molar-refractivity contribution in [1.29, 1.82) is 0 Å². The van der Waals surface area contributed by atoms with Gasteiger partial charge in [0.2, 0.25) is 0 Å². The summed E-state index contributed by atoms with van der Waals surface area (Å²) < 4.78 is 6.77. The lowest BCUT2D eigenvalue weighted by atomic mass is 9.93. The molecule has 1 aromatic heterocycles. The summed E-state index contributed by atoms with van der Waals surface area (Å²) in [6.45, 7) is 2.30. The van der Waals surface area contributed by atoms with Crippen LogP contribution in [0, 0.1) is 5.92 Å². The molecule has 226 valence electrons. The Morgan fingerprint density at radius 3 is 2.30 bits per heavy atom. The van der Waals surface area contributed by atoms with Gasteiger partial charge in [-0.1, -0.05) is 128 Å². The molecule has 0 saturated carbocycles. The summed E-state index contributed by atoms with van der Waals surface area (Å²) in [4.78, 5) is 2.48. The smallest absolute Gasteiger partial charge is 0.143 e. The second-order valence-corrected chi connectivity index (χ2v) is 12.9. The molecule has 6 aromatic carbocycles. The maximum atomic E-state index is 6.77. The molecule has 2 aliphatic carbocycles. The average molecular weight is 606 g/mol. The van der Waals surface area contributed by atoms with Crippen LogP contribution in [-0.2, 0) is 0 Å². The zero-order chi connectivity index (χ0) is 31.3. The topological polar surface area (TPSA) is 16.4 Å². The first kappa shape index (κ1) is 27.7. The Labute approximate surface area is 275 Å². The largest absolute Gasteiger partial charge is 0.455 e. The molecule has 0 amide bonds. The molecule has 0 aliphatic heterocycles. The molecular formula is C45H35NO. The number of nitrogens with zero attached hydrogens (tertiary/aromatic N) is 1. The lowest BCUT2D eigenvalue weighted by molar-refractivity contribution is 0.672. The van der Waals surface area contributed by atoms with Gasteiger partial charge < -0.3 is 9.32 Å². The highest BCUT2D eigenvalue weighted by Gasteiger charge is 2.24. The van der Waals surface area contributed by atoms with E-state index in [0.717, 1.165) is 52.3 Å². The van der Waals surface area contributed by atoms with Crippen molar-refractivity contribution in [3.05, 3.63) is 163 Å². The number of hydrogen-bond acceptors (Lipinski definition) is 2. The molecule has 2 nitrogen and oxygen atoms in total. The SMILES string of the molecule is CC1C=CC=C(N(c2ccc(C3=CCCC=C3)cc2)c2cc3c(oc4cccc(-c5cccc6ccccc56)c43)c3ccccc23)C1. The third-order valence-corrected chi connectivity index (χ3v) is 9.80. The minimum absolute atomic E-state index is 0.456. The summed E-state index contributed by atoms with van der Waals surface area (Å²) in [5.41, 5.74) is 10.4. The predicted molar refractivity (Wildman–Crippen MR) is 200 cm³/mol. The number of hydrogen-bond donors (Lipinski definition) is 0. The molecule has 1 unspecified atom stereocenters. The van der Waals surface area contributed by atoms with E-state index in [1.807, 2.05) is 0 Å². The second-order valence-electron chi connectivity index (χ2n) is 12.9. The van der Waals surface area contributed by atoms with Crippen molar-refractivity contribution in [3.8, 4) is 11.1 Å². The molecule has 0 spiro atoms. The van der Waals surface area contributed by atoms with E-state index in [0.29, 0.717) is 5.92 Å². The maximum Gasteiger partial charge on any atom is 0.143 e. The third-order valence-electron chi connectivity index (χ3n) is 9.80. The lowest BCUT2D eigenvalue weighted by Crippen LogP contribution is -2.19.